The number of aromatic nitrogens is 4. The van der Waals surface area contributed by atoms with Gasteiger partial charge in [-0.15, -0.1) is 11.3 Å². The van der Waals surface area contributed by atoms with Gasteiger partial charge in [0.25, 0.3) is 0 Å². The second-order valence-corrected chi connectivity index (χ2v) is 4.75. The first-order chi connectivity index (χ1) is 8.76. The van der Waals surface area contributed by atoms with Crippen molar-refractivity contribution in [2.45, 2.75) is 6.54 Å². The molecule has 7 heteroatoms. The molecule has 0 aliphatic carbocycles. The normalized spacial score (nSPS) is 11.0. The van der Waals surface area contributed by atoms with Crippen LogP contribution in [0.3, 0.4) is 0 Å². The maximum absolute atomic E-state index is 5.16. The predicted molar refractivity (Wildman–Crippen MR) is 70.2 cm³/mol. The highest BCUT2D eigenvalue weighted by atomic mass is 32.1. The Bertz CT molecular complexity index is 639. The van der Waals surface area contributed by atoms with E-state index in [9.17, 15) is 0 Å². The summed E-state index contributed by atoms with van der Waals surface area (Å²) in [7, 11) is 3.47. The Kier molecular flexibility index (Phi) is 2.67. The molecule has 0 radical (unpaired) electrons. The predicted octanol–water partition coefficient (Wildman–Crippen LogP) is 1.75. The highest BCUT2D eigenvalue weighted by Crippen LogP contribution is 2.16. The van der Waals surface area contributed by atoms with Crippen molar-refractivity contribution in [1.29, 1.82) is 0 Å². The van der Waals surface area contributed by atoms with E-state index < -0.39 is 0 Å². The second kappa shape index (κ2) is 4.34. The zero-order chi connectivity index (χ0) is 12.5. The zero-order valence-electron chi connectivity index (χ0n) is 10.1. The molecule has 3 aromatic heterocycles. The van der Waals surface area contributed by atoms with Crippen molar-refractivity contribution in [1.82, 2.24) is 19.2 Å². The van der Waals surface area contributed by atoms with Crippen LogP contribution in [0.5, 0.6) is 5.88 Å². The third kappa shape index (κ3) is 1.92. The van der Waals surface area contributed by atoms with E-state index in [2.05, 4.69) is 15.4 Å². The van der Waals surface area contributed by atoms with Gasteiger partial charge in [0.15, 0.2) is 10.8 Å². The SMILES string of the molecule is COc1cc(NCc2cn3ccsc3n2)nn1C. The van der Waals surface area contributed by atoms with Gasteiger partial charge in [0, 0.05) is 30.9 Å². The van der Waals surface area contributed by atoms with Crippen LogP contribution in [-0.2, 0) is 13.6 Å². The Morgan fingerprint density at radius 3 is 3.11 bits per heavy atom. The highest BCUT2D eigenvalue weighted by Gasteiger charge is 2.06. The Balaban J connectivity index is 1.71. The van der Waals surface area contributed by atoms with Crippen LogP contribution in [0.4, 0.5) is 5.82 Å². The molecule has 0 bridgehead atoms. The van der Waals surface area contributed by atoms with E-state index in [1.165, 1.54) is 0 Å². The number of methoxy groups -OCH3 is 1. The number of imidazole rings is 1. The summed E-state index contributed by atoms with van der Waals surface area (Å²) in [4.78, 5) is 5.50. The topological polar surface area (TPSA) is 56.4 Å². The minimum atomic E-state index is 0.647. The number of nitrogens with one attached hydrogen (secondary N) is 1. The summed E-state index contributed by atoms with van der Waals surface area (Å²) in [6.07, 6.45) is 4.01. The van der Waals surface area contributed by atoms with Crippen LogP contribution in [-0.4, -0.2) is 26.3 Å². The summed E-state index contributed by atoms with van der Waals surface area (Å²) in [5.41, 5.74) is 0.992. The first-order valence-corrected chi connectivity index (χ1v) is 6.37. The average molecular weight is 263 g/mol. The van der Waals surface area contributed by atoms with Crippen molar-refractivity contribution in [3.05, 3.63) is 29.5 Å². The van der Waals surface area contributed by atoms with Crippen molar-refractivity contribution in [3.63, 3.8) is 0 Å². The standard InChI is InChI=1S/C11H13N5OS/c1-15-10(17-2)5-9(14-15)12-6-8-7-16-3-4-18-11(16)13-8/h3-5,7H,6H2,1-2H3,(H,12,14). The van der Waals surface area contributed by atoms with Gasteiger partial charge >= 0.3 is 0 Å². The van der Waals surface area contributed by atoms with Crippen LogP contribution in [0, 0.1) is 0 Å². The molecule has 0 saturated carbocycles. The van der Waals surface area contributed by atoms with Crippen molar-refractivity contribution in [2.24, 2.45) is 7.05 Å². The number of ether oxygens (including phenoxy) is 1. The maximum atomic E-state index is 5.16. The monoisotopic (exact) mass is 263 g/mol. The number of thiazole rings is 1. The third-order valence-corrected chi connectivity index (χ3v) is 3.41. The minimum absolute atomic E-state index is 0.647. The number of fused-ring (bicyclic) bond motifs is 1. The molecule has 0 spiro atoms. The quantitative estimate of drug-likeness (QED) is 0.779. The third-order valence-electron chi connectivity index (χ3n) is 2.64. The molecule has 6 nitrogen and oxygen atoms in total. The van der Waals surface area contributed by atoms with Crippen molar-refractivity contribution in [3.8, 4) is 5.88 Å². The Labute approximate surface area is 108 Å². The van der Waals surface area contributed by atoms with Crippen molar-refractivity contribution < 1.29 is 4.74 Å². The van der Waals surface area contributed by atoms with E-state index in [0.29, 0.717) is 6.54 Å². The molecule has 0 aromatic carbocycles. The molecular formula is C11H13N5OS. The molecule has 3 aromatic rings. The van der Waals surface area contributed by atoms with Gasteiger partial charge in [-0.1, -0.05) is 0 Å². The van der Waals surface area contributed by atoms with Crippen molar-refractivity contribution >= 4 is 22.1 Å². The molecule has 0 atom stereocenters. The summed E-state index contributed by atoms with van der Waals surface area (Å²) < 4.78 is 8.86. The van der Waals surface area contributed by atoms with Crippen LogP contribution >= 0.6 is 11.3 Å². The lowest BCUT2D eigenvalue weighted by molar-refractivity contribution is 0.373. The molecule has 0 unspecified atom stereocenters. The number of rotatable bonds is 4. The lowest BCUT2D eigenvalue weighted by Gasteiger charge is -1.97. The van der Waals surface area contributed by atoms with E-state index in [0.717, 1.165) is 22.4 Å². The molecule has 1 N–H and O–H groups in total. The fourth-order valence-corrected chi connectivity index (χ4v) is 2.49. The summed E-state index contributed by atoms with van der Waals surface area (Å²) >= 11 is 1.62. The van der Waals surface area contributed by atoms with Gasteiger partial charge in [-0.2, -0.15) is 5.10 Å². The molecule has 0 amide bonds. The number of aryl methyl sites for hydroxylation is 1. The molecule has 0 fully saturated rings. The largest absolute Gasteiger partial charge is 0.481 e. The fourth-order valence-electron chi connectivity index (χ4n) is 1.77. The molecule has 0 aliphatic heterocycles. The van der Waals surface area contributed by atoms with Gasteiger partial charge in [0.05, 0.1) is 19.3 Å². The first kappa shape index (κ1) is 11.1. The van der Waals surface area contributed by atoms with Gasteiger partial charge in [-0.25, -0.2) is 9.67 Å². The summed E-state index contributed by atoms with van der Waals surface area (Å²) in [6, 6.07) is 1.86. The van der Waals surface area contributed by atoms with Gasteiger partial charge in [-0.3, -0.25) is 4.40 Å². The fraction of sp³-hybridized carbons (Fsp3) is 0.273. The summed E-state index contributed by atoms with van der Waals surface area (Å²) in [5.74, 6) is 1.51. The van der Waals surface area contributed by atoms with E-state index in [1.54, 1.807) is 23.1 Å². The average Bonchev–Trinajstić information content (AvgIpc) is 2.99. The Morgan fingerprint density at radius 2 is 2.39 bits per heavy atom. The van der Waals surface area contributed by atoms with Gasteiger partial charge in [0.1, 0.15) is 0 Å². The lowest BCUT2D eigenvalue weighted by atomic mass is 10.4. The summed E-state index contributed by atoms with van der Waals surface area (Å²) in [6.45, 7) is 0.647. The van der Waals surface area contributed by atoms with E-state index in [-0.39, 0.29) is 0 Å². The molecule has 3 heterocycles. The number of hydrogen-bond acceptors (Lipinski definition) is 5. The maximum Gasteiger partial charge on any atom is 0.213 e. The van der Waals surface area contributed by atoms with E-state index >= 15 is 0 Å². The molecule has 0 saturated heterocycles. The van der Waals surface area contributed by atoms with Crippen LogP contribution in [0.2, 0.25) is 0 Å². The van der Waals surface area contributed by atoms with Crippen LogP contribution in [0.25, 0.3) is 4.96 Å². The number of hydrogen-bond donors (Lipinski definition) is 1. The molecule has 0 aliphatic rings. The number of anilines is 1. The molecule has 18 heavy (non-hydrogen) atoms. The summed E-state index contributed by atoms with van der Waals surface area (Å²) in [5, 5.41) is 9.53. The molecule has 94 valence electrons. The van der Waals surface area contributed by atoms with E-state index in [1.807, 2.05) is 35.3 Å². The number of nitrogens with zero attached hydrogens (tertiary/aromatic N) is 4. The van der Waals surface area contributed by atoms with E-state index in [4.69, 9.17) is 4.74 Å². The van der Waals surface area contributed by atoms with Crippen LogP contribution < -0.4 is 10.1 Å². The zero-order valence-corrected chi connectivity index (χ0v) is 10.9. The van der Waals surface area contributed by atoms with Gasteiger partial charge < -0.3 is 10.1 Å². The second-order valence-electron chi connectivity index (χ2n) is 3.87. The minimum Gasteiger partial charge on any atom is -0.481 e. The smallest absolute Gasteiger partial charge is 0.213 e. The lowest BCUT2D eigenvalue weighted by Crippen LogP contribution is -2.01. The van der Waals surface area contributed by atoms with Gasteiger partial charge in [0.2, 0.25) is 5.88 Å². The Hall–Kier alpha value is -2.02. The molecular weight excluding hydrogens is 250 g/mol. The van der Waals surface area contributed by atoms with Gasteiger partial charge in [-0.05, 0) is 0 Å². The van der Waals surface area contributed by atoms with Crippen LogP contribution in [0.15, 0.2) is 23.8 Å². The first-order valence-electron chi connectivity index (χ1n) is 5.49. The van der Waals surface area contributed by atoms with Crippen LogP contribution in [0.1, 0.15) is 5.69 Å². The highest BCUT2D eigenvalue weighted by molar-refractivity contribution is 7.15. The molecule has 3 rings (SSSR count). The van der Waals surface area contributed by atoms with Crippen molar-refractivity contribution in [2.75, 3.05) is 12.4 Å². The Morgan fingerprint density at radius 1 is 1.50 bits per heavy atom.